The normalized spacial score (nSPS) is 10.7. The number of nitro groups is 1. The zero-order valence-corrected chi connectivity index (χ0v) is 16.6. The Kier molecular flexibility index (Phi) is 6.49. The topological polar surface area (TPSA) is 80.3 Å². The van der Waals surface area contributed by atoms with E-state index < -0.39 is 4.92 Å². The van der Waals surface area contributed by atoms with Crippen molar-refractivity contribution in [3.8, 4) is 11.3 Å². The first kappa shape index (κ1) is 19.4. The average Bonchev–Trinajstić information content (AvgIpc) is 3.10. The molecule has 0 radical (unpaired) electrons. The first-order valence-electron chi connectivity index (χ1n) is 8.26. The summed E-state index contributed by atoms with van der Waals surface area (Å²) >= 11 is 9.64. The second-order valence-electron chi connectivity index (χ2n) is 5.80. The number of halogens is 2. The summed E-state index contributed by atoms with van der Waals surface area (Å²) in [7, 11) is 0. The second-order valence-corrected chi connectivity index (χ2v) is 7.12. The first-order valence-corrected chi connectivity index (χ1v) is 9.43. The quantitative estimate of drug-likeness (QED) is 0.270. The van der Waals surface area contributed by atoms with Crippen LogP contribution in [0.3, 0.4) is 0 Å². The molecule has 0 aliphatic rings. The molecule has 0 saturated carbocycles. The Bertz CT molecular complexity index is 928. The highest BCUT2D eigenvalue weighted by atomic mass is 79.9. The Labute approximate surface area is 169 Å². The highest BCUT2D eigenvalue weighted by Crippen LogP contribution is 2.31. The molecule has 0 atom stereocenters. The molecule has 1 heterocycles. The van der Waals surface area contributed by atoms with Crippen molar-refractivity contribution in [3.63, 3.8) is 0 Å². The molecule has 1 aromatic heterocycles. The lowest BCUT2D eigenvalue weighted by molar-refractivity contribution is -0.384. The van der Waals surface area contributed by atoms with Crippen molar-refractivity contribution in [1.82, 2.24) is 5.32 Å². The second kappa shape index (κ2) is 9.03. The van der Waals surface area contributed by atoms with Crippen LogP contribution in [0.15, 0.2) is 63.5 Å². The molecule has 2 N–H and O–H groups in total. The van der Waals surface area contributed by atoms with E-state index in [-0.39, 0.29) is 5.69 Å². The van der Waals surface area contributed by atoms with Gasteiger partial charge in [-0.05, 0) is 42.5 Å². The molecule has 0 unspecified atom stereocenters. The molecule has 2 aromatic carbocycles. The molecule has 3 aromatic rings. The van der Waals surface area contributed by atoms with Crippen LogP contribution in [0.4, 0.5) is 11.4 Å². The number of nitrogens with zero attached hydrogens (tertiary/aromatic N) is 1. The number of non-ortho nitro benzene ring substituents is 1. The molecule has 0 aliphatic heterocycles. The van der Waals surface area contributed by atoms with Crippen LogP contribution in [0.1, 0.15) is 5.76 Å². The molecular weight excluding hydrogens is 434 g/mol. The van der Waals surface area contributed by atoms with Crippen molar-refractivity contribution in [3.05, 3.63) is 80.0 Å². The molecule has 0 bridgehead atoms. The van der Waals surface area contributed by atoms with Crippen LogP contribution < -0.4 is 10.6 Å². The van der Waals surface area contributed by atoms with Crippen LogP contribution in [0, 0.1) is 10.1 Å². The van der Waals surface area contributed by atoms with E-state index in [0.29, 0.717) is 24.7 Å². The molecule has 0 aliphatic carbocycles. The standard InChI is InChI=1S/C19H17BrClN3O3/c20-13-1-7-17(18(21)11-13)19-8-6-16(27-19)12-22-9-10-23-14-2-4-15(5-3-14)24(25)26/h1-8,11,22-23H,9-10,12H2. The lowest BCUT2D eigenvalue weighted by Gasteiger charge is -2.07. The predicted molar refractivity (Wildman–Crippen MR) is 110 cm³/mol. The number of rotatable bonds is 8. The molecule has 0 saturated heterocycles. The average molecular weight is 451 g/mol. The van der Waals surface area contributed by atoms with Gasteiger partial charge in [0.25, 0.3) is 5.69 Å². The van der Waals surface area contributed by atoms with Crippen LogP contribution >= 0.6 is 27.5 Å². The van der Waals surface area contributed by atoms with Crippen LogP contribution in [0.25, 0.3) is 11.3 Å². The Balaban J connectivity index is 1.44. The van der Waals surface area contributed by atoms with Gasteiger partial charge in [-0.1, -0.05) is 27.5 Å². The third kappa shape index (κ3) is 5.32. The van der Waals surface area contributed by atoms with Gasteiger partial charge in [-0.2, -0.15) is 0 Å². The molecule has 140 valence electrons. The molecule has 27 heavy (non-hydrogen) atoms. The zero-order valence-electron chi connectivity index (χ0n) is 14.2. The smallest absolute Gasteiger partial charge is 0.269 e. The number of hydrogen-bond acceptors (Lipinski definition) is 5. The van der Waals surface area contributed by atoms with Gasteiger partial charge >= 0.3 is 0 Å². The summed E-state index contributed by atoms with van der Waals surface area (Å²) in [5, 5.41) is 17.7. The third-order valence-corrected chi connectivity index (χ3v) is 4.67. The van der Waals surface area contributed by atoms with Gasteiger partial charge < -0.3 is 15.1 Å². The Morgan fingerprint density at radius 1 is 1.07 bits per heavy atom. The summed E-state index contributed by atoms with van der Waals surface area (Å²) in [5.74, 6) is 1.55. The van der Waals surface area contributed by atoms with Gasteiger partial charge in [0.1, 0.15) is 11.5 Å². The maximum Gasteiger partial charge on any atom is 0.269 e. The molecule has 0 spiro atoms. The Hall–Kier alpha value is -2.35. The van der Waals surface area contributed by atoms with Crippen LogP contribution in [0.5, 0.6) is 0 Å². The molecule has 8 heteroatoms. The lowest BCUT2D eigenvalue weighted by Crippen LogP contribution is -2.21. The molecule has 0 amide bonds. The maximum atomic E-state index is 10.6. The van der Waals surface area contributed by atoms with Gasteiger partial charge in [0.15, 0.2) is 0 Å². The highest BCUT2D eigenvalue weighted by molar-refractivity contribution is 9.10. The van der Waals surface area contributed by atoms with Crippen LogP contribution in [-0.2, 0) is 6.54 Å². The molecule has 6 nitrogen and oxygen atoms in total. The summed E-state index contributed by atoms with van der Waals surface area (Å²) in [6.45, 7) is 1.99. The van der Waals surface area contributed by atoms with Crippen molar-refractivity contribution in [2.75, 3.05) is 18.4 Å². The minimum absolute atomic E-state index is 0.0816. The van der Waals surface area contributed by atoms with Crippen molar-refractivity contribution in [1.29, 1.82) is 0 Å². The van der Waals surface area contributed by atoms with Crippen molar-refractivity contribution in [2.45, 2.75) is 6.54 Å². The van der Waals surface area contributed by atoms with E-state index in [2.05, 4.69) is 26.6 Å². The van der Waals surface area contributed by atoms with Gasteiger partial charge in [-0.15, -0.1) is 0 Å². The number of hydrogen-bond donors (Lipinski definition) is 2. The van der Waals surface area contributed by atoms with E-state index in [1.54, 1.807) is 12.1 Å². The minimum atomic E-state index is -0.412. The van der Waals surface area contributed by atoms with E-state index in [1.165, 1.54) is 12.1 Å². The SMILES string of the molecule is O=[N+]([O-])c1ccc(NCCNCc2ccc(-c3ccc(Br)cc3Cl)o2)cc1. The van der Waals surface area contributed by atoms with Gasteiger partial charge in [-0.25, -0.2) is 0 Å². The van der Waals surface area contributed by atoms with Gasteiger partial charge in [-0.3, -0.25) is 10.1 Å². The van der Waals surface area contributed by atoms with E-state index in [0.717, 1.165) is 27.2 Å². The third-order valence-electron chi connectivity index (χ3n) is 3.87. The molecule has 0 fully saturated rings. The minimum Gasteiger partial charge on any atom is -0.460 e. The maximum absolute atomic E-state index is 10.6. The number of furan rings is 1. The van der Waals surface area contributed by atoms with Crippen molar-refractivity contribution in [2.24, 2.45) is 0 Å². The van der Waals surface area contributed by atoms with Crippen molar-refractivity contribution < 1.29 is 9.34 Å². The van der Waals surface area contributed by atoms with E-state index >= 15 is 0 Å². The predicted octanol–water partition coefficient (Wildman–Crippen LogP) is 5.47. The summed E-state index contributed by atoms with van der Waals surface area (Å²) in [4.78, 5) is 10.2. The van der Waals surface area contributed by atoms with Gasteiger partial charge in [0, 0.05) is 40.9 Å². The van der Waals surface area contributed by atoms with Gasteiger partial charge in [0.2, 0.25) is 0 Å². The lowest BCUT2D eigenvalue weighted by atomic mass is 10.2. The number of benzene rings is 2. The Morgan fingerprint density at radius 3 is 2.56 bits per heavy atom. The van der Waals surface area contributed by atoms with E-state index in [9.17, 15) is 10.1 Å². The fourth-order valence-electron chi connectivity index (χ4n) is 2.51. The molecular formula is C19H17BrClN3O3. The van der Waals surface area contributed by atoms with Gasteiger partial charge in [0.05, 0.1) is 16.5 Å². The Morgan fingerprint density at radius 2 is 1.85 bits per heavy atom. The fourth-order valence-corrected chi connectivity index (χ4v) is 3.28. The summed E-state index contributed by atoms with van der Waals surface area (Å²) in [5.41, 5.74) is 1.77. The highest BCUT2D eigenvalue weighted by Gasteiger charge is 2.09. The zero-order chi connectivity index (χ0) is 19.2. The van der Waals surface area contributed by atoms with Crippen molar-refractivity contribution >= 4 is 38.9 Å². The fraction of sp³-hybridized carbons (Fsp3) is 0.158. The van der Waals surface area contributed by atoms with E-state index in [1.807, 2.05) is 30.3 Å². The first-order chi connectivity index (χ1) is 13.0. The summed E-state index contributed by atoms with van der Waals surface area (Å²) in [6, 6.07) is 15.8. The summed E-state index contributed by atoms with van der Waals surface area (Å²) in [6.07, 6.45) is 0. The number of nitrogens with one attached hydrogen (secondary N) is 2. The van der Waals surface area contributed by atoms with E-state index in [4.69, 9.17) is 16.0 Å². The van der Waals surface area contributed by atoms with Crippen LogP contribution in [0.2, 0.25) is 5.02 Å². The summed E-state index contributed by atoms with van der Waals surface area (Å²) < 4.78 is 6.77. The van der Waals surface area contributed by atoms with Crippen LogP contribution in [-0.4, -0.2) is 18.0 Å². The number of nitro benzene ring substituents is 1. The molecule has 3 rings (SSSR count). The number of anilines is 1. The largest absolute Gasteiger partial charge is 0.460 e. The monoisotopic (exact) mass is 449 g/mol.